The van der Waals surface area contributed by atoms with Crippen molar-refractivity contribution in [1.82, 2.24) is 24.4 Å². The number of benzene rings is 1. The van der Waals surface area contributed by atoms with E-state index in [1.165, 1.54) is 42.7 Å². The predicted octanol–water partition coefficient (Wildman–Crippen LogP) is 4.25. The molecule has 154 valence electrons. The van der Waals surface area contributed by atoms with Gasteiger partial charge in [-0.3, -0.25) is 9.48 Å². The van der Waals surface area contributed by atoms with E-state index in [-0.39, 0.29) is 16.9 Å². The zero-order valence-corrected chi connectivity index (χ0v) is 16.1. The van der Waals surface area contributed by atoms with Crippen molar-refractivity contribution in [3.05, 3.63) is 65.5 Å². The standard InChI is InChI=1S/C20H17F3N6O/c1-3-28-11(2)16(10-24-28)27-20(30)14-9-25-29-17(18(22)23)8-15(26-19(14)29)12-4-6-13(21)7-5-12/h4-10,18H,3H2,1-2H3,(H,27,30). The third kappa shape index (κ3) is 3.40. The van der Waals surface area contributed by atoms with Crippen molar-refractivity contribution in [3.8, 4) is 11.3 Å². The molecule has 0 bridgehead atoms. The van der Waals surface area contributed by atoms with Crippen molar-refractivity contribution in [2.45, 2.75) is 26.8 Å². The number of nitrogens with one attached hydrogen (secondary N) is 1. The van der Waals surface area contributed by atoms with E-state index >= 15 is 0 Å². The van der Waals surface area contributed by atoms with E-state index in [1.807, 2.05) is 13.8 Å². The summed E-state index contributed by atoms with van der Waals surface area (Å²) in [5.74, 6) is -1.01. The van der Waals surface area contributed by atoms with Crippen molar-refractivity contribution in [2.75, 3.05) is 5.32 Å². The SMILES string of the molecule is CCn1ncc(NC(=O)c2cnn3c(C(F)F)cc(-c4ccc(F)cc4)nc23)c1C. The number of carbonyl (C=O) groups is 1. The van der Waals surface area contributed by atoms with Gasteiger partial charge in [0.25, 0.3) is 12.3 Å². The number of fused-ring (bicyclic) bond motifs is 1. The topological polar surface area (TPSA) is 77.1 Å². The second kappa shape index (κ2) is 7.62. The Bertz CT molecular complexity index is 1230. The zero-order chi connectivity index (χ0) is 21.4. The number of carbonyl (C=O) groups excluding carboxylic acids is 1. The van der Waals surface area contributed by atoms with Gasteiger partial charge in [0.1, 0.15) is 17.1 Å². The Morgan fingerprint density at radius 2 is 1.90 bits per heavy atom. The lowest BCUT2D eigenvalue weighted by molar-refractivity contribution is 0.102. The van der Waals surface area contributed by atoms with Gasteiger partial charge >= 0.3 is 0 Å². The number of aryl methyl sites for hydroxylation is 1. The van der Waals surface area contributed by atoms with Crippen molar-refractivity contribution in [1.29, 1.82) is 0 Å². The molecule has 10 heteroatoms. The lowest BCUT2D eigenvalue weighted by atomic mass is 10.1. The fourth-order valence-electron chi connectivity index (χ4n) is 3.15. The molecule has 0 aliphatic heterocycles. The van der Waals surface area contributed by atoms with E-state index in [4.69, 9.17) is 0 Å². The minimum atomic E-state index is -2.85. The molecule has 3 heterocycles. The van der Waals surface area contributed by atoms with Gasteiger partial charge in [-0.15, -0.1) is 0 Å². The highest BCUT2D eigenvalue weighted by Gasteiger charge is 2.22. The van der Waals surface area contributed by atoms with Crippen molar-refractivity contribution in [3.63, 3.8) is 0 Å². The molecule has 1 aromatic carbocycles. The molecule has 7 nitrogen and oxygen atoms in total. The Hall–Kier alpha value is -3.69. The van der Waals surface area contributed by atoms with Gasteiger partial charge in [-0.1, -0.05) is 0 Å². The molecule has 0 fully saturated rings. The molecule has 1 N–H and O–H groups in total. The summed E-state index contributed by atoms with van der Waals surface area (Å²) in [6, 6.07) is 6.46. The van der Waals surface area contributed by atoms with Crippen LogP contribution in [-0.2, 0) is 6.54 Å². The van der Waals surface area contributed by atoms with Crippen LogP contribution in [0, 0.1) is 12.7 Å². The molecule has 0 saturated carbocycles. The number of hydrogen-bond donors (Lipinski definition) is 1. The Kier molecular flexibility index (Phi) is 4.98. The van der Waals surface area contributed by atoms with Crippen LogP contribution in [-0.4, -0.2) is 30.3 Å². The highest BCUT2D eigenvalue weighted by atomic mass is 19.3. The summed E-state index contributed by atoms with van der Waals surface area (Å²) in [6.45, 7) is 4.37. The van der Waals surface area contributed by atoms with E-state index < -0.39 is 23.8 Å². The van der Waals surface area contributed by atoms with Gasteiger partial charge in [0.05, 0.1) is 29.5 Å². The van der Waals surface area contributed by atoms with Gasteiger partial charge in [0.2, 0.25) is 0 Å². The molecule has 0 unspecified atom stereocenters. The molecular formula is C20H17F3N6O. The van der Waals surface area contributed by atoms with Gasteiger partial charge in [-0.25, -0.2) is 22.7 Å². The molecule has 4 rings (SSSR count). The summed E-state index contributed by atoms with van der Waals surface area (Å²) >= 11 is 0. The second-order valence-corrected chi connectivity index (χ2v) is 6.58. The summed E-state index contributed by atoms with van der Waals surface area (Å²) in [5, 5.41) is 10.8. The van der Waals surface area contributed by atoms with E-state index in [9.17, 15) is 18.0 Å². The van der Waals surface area contributed by atoms with Crippen LogP contribution in [0.25, 0.3) is 16.9 Å². The van der Waals surface area contributed by atoms with E-state index in [1.54, 1.807) is 4.68 Å². The maximum atomic E-state index is 13.6. The third-order valence-corrected chi connectivity index (χ3v) is 4.76. The summed E-state index contributed by atoms with van der Waals surface area (Å²) in [5.41, 5.74) is 1.47. The number of rotatable bonds is 5. The first-order valence-corrected chi connectivity index (χ1v) is 9.15. The molecule has 0 aliphatic carbocycles. The maximum absolute atomic E-state index is 13.6. The Balaban J connectivity index is 1.79. The number of hydrogen-bond acceptors (Lipinski definition) is 4. The number of amides is 1. The lowest BCUT2D eigenvalue weighted by Crippen LogP contribution is -2.13. The average Bonchev–Trinajstić information content (AvgIpc) is 3.31. The molecule has 0 aliphatic rings. The quantitative estimate of drug-likeness (QED) is 0.530. The predicted molar refractivity (Wildman–Crippen MR) is 104 cm³/mol. The third-order valence-electron chi connectivity index (χ3n) is 4.76. The highest BCUT2D eigenvalue weighted by Crippen LogP contribution is 2.27. The van der Waals surface area contributed by atoms with Gasteiger partial charge in [-0.2, -0.15) is 10.2 Å². The highest BCUT2D eigenvalue weighted by molar-refractivity contribution is 6.08. The average molecular weight is 414 g/mol. The Labute approximate surface area is 169 Å². The first-order valence-electron chi connectivity index (χ1n) is 9.15. The lowest BCUT2D eigenvalue weighted by Gasteiger charge is -2.09. The van der Waals surface area contributed by atoms with E-state index in [2.05, 4.69) is 20.5 Å². The van der Waals surface area contributed by atoms with Gasteiger partial charge in [0, 0.05) is 12.1 Å². The number of halogens is 3. The molecule has 0 atom stereocenters. The minimum absolute atomic E-state index is 0.0230. The molecule has 3 aromatic heterocycles. The van der Waals surface area contributed by atoms with E-state index in [0.717, 1.165) is 10.2 Å². The van der Waals surface area contributed by atoms with Gasteiger partial charge < -0.3 is 5.32 Å². The summed E-state index contributed by atoms with van der Waals surface area (Å²) in [6.07, 6.45) is -0.141. The summed E-state index contributed by atoms with van der Waals surface area (Å²) in [4.78, 5) is 17.2. The van der Waals surface area contributed by atoms with Crippen LogP contribution in [0.15, 0.2) is 42.7 Å². The van der Waals surface area contributed by atoms with Crippen molar-refractivity contribution < 1.29 is 18.0 Å². The smallest absolute Gasteiger partial charge is 0.280 e. The summed E-state index contributed by atoms with van der Waals surface area (Å²) < 4.78 is 43.2. The monoisotopic (exact) mass is 414 g/mol. The molecule has 0 radical (unpaired) electrons. The van der Waals surface area contributed by atoms with Crippen molar-refractivity contribution in [2.24, 2.45) is 0 Å². The molecule has 0 saturated heterocycles. The maximum Gasteiger partial charge on any atom is 0.280 e. The molecular weight excluding hydrogens is 397 g/mol. The van der Waals surface area contributed by atoms with Crippen LogP contribution in [0.2, 0.25) is 0 Å². The number of anilines is 1. The number of aromatic nitrogens is 5. The first kappa shape index (κ1) is 19.6. The second-order valence-electron chi connectivity index (χ2n) is 6.58. The normalized spacial score (nSPS) is 11.4. The van der Waals surface area contributed by atoms with Gasteiger partial charge in [0.15, 0.2) is 5.65 Å². The molecule has 0 spiro atoms. The van der Waals surface area contributed by atoms with Crippen LogP contribution in [0.3, 0.4) is 0 Å². The van der Waals surface area contributed by atoms with Crippen LogP contribution in [0.5, 0.6) is 0 Å². The fraction of sp³-hybridized carbons (Fsp3) is 0.200. The van der Waals surface area contributed by atoms with Crippen LogP contribution in [0.4, 0.5) is 18.9 Å². The van der Waals surface area contributed by atoms with Crippen LogP contribution < -0.4 is 5.32 Å². The van der Waals surface area contributed by atoms with E-state index in [0.29, 0.717) is 17.8 Å². The first-order chi connectivity index (χ1) is 14.4. The zero-order valence-electron chi connectivity index (χ0n) is 16.1. The largest absolute Gasteiger partial charge is 0.319 e. The van der Waals surface area contributed by atoms with Crippen molar-refractivity contribution >= 4 is 17.2 Å². The fourth-order valence-corrected chi connectivity index (χ4v) is 3.15. The molecule has 4 aromatic rings. The van der Waals surface area contributed by atoms with Gasteiger partial charge in [-0.05, 0) is 44.2 Å². The molecule has 1 amide bonds. The van der Waals surface area contributed by atoms with Crippen LogP contribution in [0.1, 0.15) is 35.1 Å². The minimum Gasteiger partial charge on any atom is -0.319 e. The molecule has 30 heavy (non-hydrogen) atoms. The Morgan fingerprint density at radius 1 is 1.17 bits per heavy atom. The summed E-state index contributed by atoms with van der Waals surface area (Å²) in [7, 11) is 0. The number of alkyl halides is 2. The Morgan fingerprint density at radius 3 is 2.53 bits per heavy atom. The van der Waals surface area contributed by atoms with Crippen LogP contribution >= 0.6 is 0 Å². The number of nitrogens with zero attached hydrogens (tertiary/aromatic N) is 5.